The predicted molar refractivity (Wildman–Crippen MR) is 112 cm³/mol. The van der Waals surface area contributed by atoms with Crippen molar-refractivity contribution in [2.45, 2.75) is 4.90 Å². The van der Waals surface area contributed by atoms with Gasteiger partial charge in [0.1, 0.15) is 18.0 Å². The summed E-state index contributed by atoms with van der Waals surface area (Å²) in [6.07, 6.45) is 2.58. The largest absolute Gasteiger partial charge is 0.352 e. The highest BCUT2D eigenvalue weighted by atomic mass is 35.5. The minimum absolute atomic E-state index is 0.0156. The molecule has 0 unspecified atom stereocenters. The minimum atomic E-state index is -3.37. The molecule has 0 aliphatic carbocycles. The summed E-state index contributed by atoms with van der Waals surface area (Å²) < 4.78 is 38.0. The summed E-state index contributed by atoms with van der Waals surface area (Å²) >= 11 is 5.76. The highest BCUT2D eigenvalue weighted by Crippen LogP contribution is 2.27. The number of benzene rings is 2. The number of fused-ring (bicyclic) bond motifs is 1. The van der Waals surface area contributed by atoms with Crippen molar-refractivity contribution in [3.05, 3.63) is 59.1 Å². The molecule has 1 amide bonds. The molecule has 2 heterocycles. The third kappa shape index (κ3) is 3.95. The topological polar surface area (TPSA) is 83.5 Å². The number of carbonyl (C=O) groups excluding carboxylic acids is 1. The fourth-order valence-corrected chi connectivity index (χ4v) is 4.27. The average molecular weight is 449 g/mol. The van der Waals surface area contributed by atoms with Crippen LogP contribution in [-0.2, 0) is 9.84 Å². The summed E-state index contributed by atoms with van der Waals surface area (Å²) in [5, 5.41) is 0.863. The molecule has 1 fully saturated rings. The van der Waals surface area contributed by atoms with E-state index in [9.17, 15) is 17.6 Å². The van der Waals surface area contributed by atoms with Gasteiger partial charge in [-0.05, 0) is 36.4 Å². The van der Waals surface area contributed by atoms with Crippen molar-refractivity contribution in [2.75, 3.05) is 37.3 Å². The average Bonchev–Trinajstić information content (AvgIpc) is 2.72. The maximum Gasteiger partial charge on any atom is 0.256 e. The van der Waals surface area contributed by atoms with Crippen molar-refractivity contribution >= 4 is 44.1 Å². The quantitative estimate of drug-likeness (QED) is 0.612. The SMILES string of the molecule is CS(=O)(=O)c1ccc2ncnc(N3CCN(C(=O)c4ccc(Cl)cc4F)CC3)c2c1. The van der Waals surface area contributed by atoms with Crippen LogP contribution in [-0.4, -0.2) is 61.6 Å². The van der Waals surface area contributed by atoms with Gasteiger partial charge in [0.2, 0.25) is 0 Å². The van der Waals surface area contributed by atoms with E-state index in [-0.39, 0.29) is 15.5 Å². The first-order chi connectivity index (χ1) is 14.2. The van der Waals surface area contributed by atoms with Gasteiger partial charge in [0.25, 0.3) is 5.91 Å². The van der Waals surface area contributed by atoms with Crippen LogP contribution in [0.3, 0.4) is 0 Å². The molecule has 0 bridgehead atoms. The third-order valence-corrected chi connectivity index (χ3v) is 6.39. The lowest BCUT2D eigenvalue weighted by Crippen LogP contribution is -2.49. The lowest BCUT2D eigenvalue weighted by atomic mass is 10.1. The predicted octanol–water partition coefficient (Wildman–Crippen LogP) is 2.79. The van der Waals surface area contributed by atoms with Gasteiger partial charge in [0.15, 0.2) is 9.84 Å². The number of sulfone groups is 1. The zero-order valence-corrected chi connectivity index (χ0v) is 17.6. The molecule has 0 atom stereocenters. The number of aromatic nitrogens is 2. The van der Waals surface area contributed by atoms with Crippen LogP contribution in [0.5, 0.6) is 0 Å². The van der Waals surface area contributed by atoms with Crippen molar-refractivity contribution in [1.82, 2.24) is 14.9 Å². The summed E-state index contributed by atoms with van der Waals surface area (Å²) in [6, 6.07) is 8.74. The normalized spacial score (nSPS) is 14.9. The van der Waals surface area contributed by atoms with Crippen LogP contribution < -0.4 is 4.90 Å². The van der Waals surface area contributed by atoms with Gasteiger partial charge in [0, 0.05) is 42.8 Å². The molecule has 1 aromatic heterocycles. The molecule has 1 aliphatic heterocycles. The molecule has 30 heavy (non-hydrogen) atoms. The van der Waals surface area contributed by atoms with Crippen molar-refractivity contribution in [3.8, 4) is 0 Å². The van der Waals surface area contributed by atoms with Crippen molar-refractivity contribution in [1.29, 1.82) is 0 Å². The van der Waals surface area contributed by atoms with Crippen LogP contribution in [0.4, 0.5) is 10.2 Å². The van der Waals surface area contributed by atoms with E-state index in [1.54, 1.807) is 17.0 Å². The van der Waals surface area contributed by atoms with Crippen LogP contribution >= 0.6 is 11.6 Å². The van der Waals surface area contributed by atoms with Crippen LogP contribution in [0, 0.1) is 5.82 Å². The van der Waals surface area contributed by atoms with Crippen LogP contribution in [0.25, 0.3) is 10.9 Å². The molecule has 10 heteroatoms. The van der Waals surface area contributed by atoms with E-state index in [2.05, 4.69) is 9.97 Å². The highest BCUT2D eigenvalue weighted by Gasteiger charge is 2.26. The summed E-state index contributed by atoms with van der Waals surface area (Å²) in [5.41, 5.74) is 0.618. The lowest BCUT2D eigenvalue weighted by Gasteiger charge is -2.35. The Bertz CT molecular complexity index is 1240. The van der Waals surface area contributed by atoms with E-state index in [0.717, 1.165) is 12.3 Å². The molecule has 3 aromatic rings. The molecule has 2 aromatic carbocycles. The minimum Gasteiger partial charge on any atom is -0.352 e. The Hall–Kier alpha value is -2.78. The zero-order chi connectivity index (χ0) is 21.5. The number of amides is 1. The van der Waals surface area contributed by atoms with Crippen molar-refractivity contribution in [3.63, 3.8) is 0 Å². The smallest absolute Gasteiger partial charge is 0.256 e. The van der Waals surface area contributed by atoms with E-state index in [1.807, 2.05) is 4.90 Å². The Morgan fingerprint density at radius 2 is 1.80 bits per heavy atom. The Morgan fingerprint density at radius 3 is 2.47 bits per heavy atom. The second-order valence-corrected chi connectivity index (χ2v) is 9.50. The molecule has 7 nitrogen and oxygen atoms in total. The van der Waals surface area contributed by atoms with Crippen LogP contribution in [0.15, 0.2) is 47.6 Å². The first kappa shape index (κ1) is 20.5. The monoisotopic (exact) mass is 448 g/mol. The first-order valence-corrected chi connectivity index (χ1v) is 11.4. The fraction of sp³-hybridized carbons (Fsp3) is 0.250. The molecule has 0 radical (unpaired) electrons. The summed E-state index contributed by atoms with van der Waals surface area (Å²) in [5.74, 6) is -0.434. The molecular weight excluding hydrogens is 431 g/mol. The lowest BCUT2D eigenvalue weighted by molar-refractivity contribution is 0.0742. The number of hydrogen-bond donors (Lipinski definition) is 0. The van der Waals surface area contributed by atoms with E-state index in [4.69, 9.17) is 11.6 Å². The van der Waals surface area contributed by atoms with E-state index < -0.39 is 21.6 Å². The number of nitrogens with zero attached hydrogens (tertiary/aromatic N) is 4. The number of rotatable bonds is 3. The number of piperazine rings is 1. The first-order valence-electron chi connectivity index (χ1n) is 9.18. The van der Waals surface area contributed by atoms with Crippen LogP contribution in [0.1, 0.15) is 10.4 Å². The number of anilines is 1. The zero-order valence-electron chi connectivity index (χ0n) is 16.0. The molecule has 4 rings (SSSR count). The van der Waals surface area contributed by atoms with Gasteiger partial charge in [-0.25, -0.2) is 22.8 Å². The van der Waals surface area contributed by atoms with Gasteiger partial charge in [-0.3, -0.25) is 4.79 Å². The maximum absolute atomic E-state index is 14.1. The maximum atomic E-state index is 14.1. The van der Waals surface area contributed by atoms with Crippen molar-refractivity contribution in [2.24, 2.45) is 0 Å². The second kappa shape index (κ2) is 7.81. The van der Waals surface area contributed by atoms with Crippen molar-refractivity contribution < 1.29 is 17.6 Å². The molecule has 1 aliphatic rings. The molecule has 0 N–H and O–H groups in total. The highest BCUT2D eigenvalue weighted by molar-refractivity contribution is 7.90. The second-order valence-electron chi connectivity index (χ2n) is 7.05. The van der Waals surface area contributed by atoms with Gasteiger partial charge < -0.3 is 9.80 Å². The molecule has 1 saturated heterocycles. The summed E-state index contributed by atoms with van der Waals surface area (Å²) in [4.78, 5) is 25.0. The number of hydrogen-bond acceptors (Lipinski definition) is 6. The van der Waals surface area contributed by atoms with Gasteiger partial charge in [0.05, 0.1) is 16.0 Å². The van der Waals surface area contributed by atoms with Gasteiger partial charge >= 0.3 is 0 Å². The Balaban J connectivity index is 1.57. The molecule has 0 spiro atoms. The fourth-order valence-electron chi connectivity index (χ4n) is 3.46. The standard InChI is InChI=1S/C20H18ClFN4O3S/c1-30(28,29)14-3-5-18-16(11-14)19(24-12-23-18)25-6-8-26(9-7-25)20(27)15-4-2-13(21)10-17(15)22/h2-5,10-12H,6-9H2,1H3. The Morgan fingerprint density at radius 1 is 1.07 bits per heavy atom. The summed E-state index contributed by atoms with van der Waals surface area (Å²) in [7, 11) is -3.37. The van der Waals surface area contributed by atoms with Gasteiger partial charge in [-0.1, -0.05) is 11.6 Å². The summed E-state index contributed by atoms with van der Waals surface area (Å²) in [6.45, 7) is 1.68. The van der Waals surface area contributed by atoms with E-state index in [0.29, 0.717) is 42.9 Å². The molecule has 0 saturated carbocycles. The molecular formula is C20H18ClFN4O3S. The van der Waals surface area contributed by atoms with Gasteiger partial charge in [-0.15, -0.1) is 0 Å². The van der Waals surface area contributed by atoms with E-state index >= 15 is 0 Å². The Kier molecular flexibility index (Phi) is 5.33. The van der Waals surface area contributed by atoms with E-state index in [1.165, 1.54) is 24.5 Å². The third-order valence-electron chi connectivity index (χ3n) is 5.04. The Labute approximate surface area is 178 Å². The number of carbonyl (C=O) groups is 1. The molecule has 156 valence electrons. The van der Waals surface area contributed by atoms with Gasteiger partial charge in [-0.2, -0.15) is 0 Å². The number of halogens is 2. The van der Waals surface area contributed by atoms with Crippen LogP contribution in [0.2, 0.25) is 5.02 Å².